The summed E-state index contributed by atoms with van der Waals surface area (Å²) >= 11 is 0. The van der Waals surface area contributed by atoms with Crippen LogP contribution in [-0.2, 0) is 6.54 Å². The van der Waals surface area contributed by atoms with Crippen molar-refractivity contribution in [2.75, 3.05) is 0 Å². The number of hydrogen-bond acceptors (Lipinski definition) is 6. The van der Waals surface area contributed by atoms with Crippen molar-refractivity contribution in [3.05, 3.63) is 96.3 Å². The lowest BCUT2D eigenvalue weighted by Gasteiger charge is -2.14. The van der Waals surface area contributed by atoms with Crippen LogP contribution in [0.2, 0.25) is 0 Å². The fourth-order valence-corrected chi connectivity index (χ4v) is 2.83. The Morgan fingerprint density at radius 3 is 2.60 bits per heavy atom. The highest BCUT2D eigenvalue weighted by Crippen LogP contribution is 2.19. The summed E-state index contributed by atoms with van der Waals surface area (Å²) < 4.78 is 7.41. The normalized spacial score (nSPS) is 11.6. The van der Waals surface area contributed by atoms with E-state index in [1.54, 1.807) is 29.3 Å². The Morgan fingerprint density at radius 2 is 1.93 bits per heavy atom. The molecule has 1 amide bonds. The van der Waals surface area contributed by atoms with Crippen molar-refractivity contribution in [1.29, 1.82) is 0 Å². The first-order valence-corrected chi connectivity index (χ1v) is 9.45. The molecule has 8 heteroatoms. The van der Waals surface area contributed by atoms with Crippen LogP contribution in [0.15, 0.2) is 79.6 Å². The number of hydrogen-bond donors (Lipinski definition) is 1. The molecule has 3 aromatic heterocycles. The summed E-state index contributed by atoms with van der Waals surface area (Å²) in [7, 11) is 0. The smallest absolute Gasteiger partial charge is 0.253 e. The van der Waals surface area contributed by atoms with E-state index in [4.69, 9.17) is 4.74 Å². The van der Waals surface area contributed by atoms with Crippen LogP contribution in [0.25, 0.3) is 5.82 Å². The van der Waals surface area contributed by atoms with Crippen molar-refractivity contribution < 1.29 is 9.53 Å². The SMILES string of the molecule is CC(Oc1ccc(C(=O)NCc2ccc(-n3cncn3)nc2)cn1)c1ccccc1. The number of nitrogens with one attached hydrogen (secondary N) is 1. The average Bonchev–Trinajstić information content (AvgIpc) is 3.34. The Bertz CT molecular complexity index is 1080. The number of carbonyl (C=O) groups is 1. The van der Waals surface area contributed by atoms with Crippen molar-refractivity contribution >= 4 is 5.91 Å². The minimum atomic E-state index is -0.217. The van der Waals surface area contributed by atoms with Gasteiger partial charge in [-0.1, -0.05) is 36.4 Å². The van der Waals surface area contributed by atoms with Gasteiger partial charge in [0.05, 0.1) is 5.56 Å². The fourth-order valence-electron chi connectivity index (χ4n) is 2.83. The van der Waals surface area contributed by atoms with Gasteiger partial charge >= 0.3 is 0 Å². The average molecular weight is 400 g/mol. The van der Waals surface area contributed by atoms with Crippen LogP contribution in [0.1, 0.15) is 34.5 Å². The van der Waals surface area contributed by atoms with Gasteiger partial charge in [0, 0.05) is 25.0 Å². The van der Waals surface area contributed by atoms with Crippen molar-refractivity contribution in [3.63, 3.8) is 0 Å². The number of rotatable bonds is 7. The van der Waals surface area contributed by atoms with Gasteiger partial charge in [0.2, 0.25) is 5.88 Å². The summed E-state index contributed by atoms with van der Waals surface area (Å²) in [6.45, 7) is 2.31. The van der Waals surface area contributed by atoms with Crippen LogP contribution in [0.5, 0.6) is 5.88 Å². The highest BCUT2D eigenvalue weighted by atomic mass is 16.5. The van der Waals surface area contributed by atoms with E-state index in [0.717, 1.165) is 11.1 Å². The summed E-state index contributed by atoms with van der Waals surface area (Å²) in [5.41, 5.74) is 2.39. The van der Waals surface area contributed by atoms with E-state index in [9.17, 15) is 4.79 Å². The molecule has 0 aliphatic rings. The van der Waals surface area contributed by atoms with Crippen molar-refractivity contribution in [2.24, 2.45) is 0 Å². The van der Waals surface area contributed by atoms with Crippen LogP contribution >= 0.6 is 0 Å². The molecule has 0 aliphatic heterocycles. The third-order valence-corrected chi connectivity index (χ3v) is 4.48. The molecule has 1 N–H and O–H groups in total. The summed E-state index contributed by atoms with van der Waals surface area (Å²) in [5.74, 6) is 0.911. The monoisotopic (exact) mass is 400 g/mol. The van der Waals surface area contributed by atoms with Crippen LogP contribution in [0.3, 0.4) is 0 Å². The van der Waals surface area contributed by atoms with Crippen molar-refractivity contribution in [1.82, 2.24) is 30.0 Å². The summed E-state index contributed by atoms with van der Waals surface area (Å²) in [6, 6.07) is 17.0. The quantitative estimate of drug-likeness (QED) is 0.512. The van der Waals surface area contributed by atoms with E-state index < -0.39 is 0 Å². The maximum Gasteiger partial charge on any atom is 0.253 e. The van der Waals surface area contributed by atoms with Crippen molar-refractivity contribution in [3.8, 4) is 11.7 Å². The first-order chi connectivity index (χ1) is 14.7. The third-order valence-electron chi connectivity index (χ3n) is 4.48. The first-order valence-electron chi connectivity index (χ1n) is 9.45. The molecule has 4 rings (SSSR count). The number of amides is 1. The van der Waals surface area contributed by atoms with Gasteiger partial charge in [0.15, 0.2) is 5.82 Å². The second kappa shape index (κ2) is 8.95. The summed E-state index contributed by atoms with van der Waals surface area (Å²) in [5, 5.41) is 6.89. The maximum atomic E-state index is 12.4. The molecule has 8 nitrogen and oxygen atoms in total. The zero-order valence-corrected chi connectivity index (χ0v) is 16.3. The molecule has 4 aromatic rings. The Hall–Kier alpha value is -4.07. The Labute approximate surface area is 173 Å². The predicted octanol–water partition coefficient (Wildman–Crippen LogP) is 3.13. The van der Waals surface area contributed by atoms with Crippen LogP contribution < -0.4 is 10.1 Å². The van der Waals surface area contributed by atoms with E-state index in [-0.39, 0.29) is 12.0 Å². The first kappa shape index (κ1) is 19.3. The third kappa shape index (κ3) is 4.67. The Balaban J connectivity index is 1.31. The standard InChI is InChI=1S/C22H20N6O2/c1-16(18-5-3-2-4-6-18)30-21-10-8-19(13-25-21)22(29)26-12-17-7-9-20(24-11-17)28-15-23-14-27-28/h2-11,13-16H,12H2,1H3,(H,26,29). The molecule has 3 heterocycles. The molecule has 0 saturated heterocycles. The van der Waals surface area contributed by atoms with E-state index >= 15 is 0 Å². The Morgan fingerprint density at radius 1 is 1.07 bits per heavy atom. The summed E-state index contributed by atoms with van der Waals surface area (Å²) in [6.07, 6.45) is 6.09. The lowest BCUT2D eigenvalue weighted by Crippen LogP contribution is -2.23. The number of ether oxygens (including phenoxy) is 1. The van der Waals surface area contributed by atoms with Gasteiger partial charge in [-0.2, -0.15) is 5.10 Å². The fraction of sp³-hybridized carbons (Fsp3) is 0.136. The highest BCUT2D eigenvalue weighted by molar-refractivity contribution is 5.93. The highest BCUT2D eigenvalue weighted by Gasteiger charge is 2.10. The number of nitrogens with zero attached hydrogens (tertiary/aromatic N) is 5. The number of benzene rings is 1. The molecular formula is C22H20N6O2. The van der Waals surface area contributed by atoms with Gasteiger partial charge < -0.3 is 10.1 Å². The minimum absolute atomic E-state index is 0.133. The van der Waals surface area contributed by atoms with E-state index in [1.165, 1.54) is 12.5 Å². The lowest BCUT2D eigenvalue weighted by molar-refractivity contribution is 0.0950. The van der Waals surface area contributed by atoms with E-state index in [2.05, 4.69) is 25.4 Å². The molecule has 1 unspecified atom stereocenters. The second-order valence-electron chi connectivity index (χ2n) is 6.60. The van der Waals surface area contributed by atoms with Gasteiger partial charge in [-0.25, -0.2) is 19.6 Å². The Kier molecular flexibility index (Phi) is 5.75. The van der Waals surface area contributed by atoms with Gasteiger partial charge in [-0.05, 0) is 30.2 Å². The number of carbonyl (C=O) groups excluding carboxylic acids is 1. The van der Waals surface area contributed by atoms with E-state index in [0.29, 0.717) is 23.8 Å². The molecule has 0 radical (unpaired) electrons. The van der Waals surface area contributed by atoms with Gasteiger partial charge in [0.25, 0.3) is 5.91 Å². The largest absolute Gasteiger partial charge is 0.470 e. The minimum Gasteiger partial charge on any atom is -0.470 e. The van der Waals surface area contributed by atoms with Crippen molar-refractivity contribution in [2.45, 2.75) is 19.6 Å². The lowest BCUT2D eigenvalue weighted by atomic mass is 10.1. The molecule has 150 valence electrons. The molecule has 0 fully saturated rings. The molecule has 30 heavy (non-hydrogen) atoms. The van der Waals surface area contributed by atoms with Crippen LogP contribution in [0.4, 0.5) is 0 Å². The predicted molar refractivity (Wildman–Crippen MR) is 110 cm³/mol. The van der Waals surface area contributed by atoms with Gasteiger partial charge in [0.1, 0.15) is 18.8 Å². The van der Waals surface area contributed by atoms with Gasteiger partial charge in [-0.3, -0.25) is 4.79 Å². The molecule has 0 saturated carbocycles. The van der Waals surface area contributed by atoms with E-state index in [1.807, 2.05) is 49.4 Å². The molecule has 0 bridgehead atoms. The summed E-state index contributed by atoms with van der Waals surface area (Å²) in [4.78, 5) is 24.8. The molecule has 1 aromatic carbocycles. The van der Waals surface area contributed by atoms with Crippen LogP contribution in [-0.4, -0.2) is 30.6 Å². The molecular weight excluding hydrogens is 380 g/mol. The second-order valence-corrected chi connectivity index (χ2v) is 6.60. The zero-order valence-electron chi connectivity index (χ0n) is 16.3. The number of pyridine rings is 2. The number of aromatic nitrogens is 5. The topological polar surface area (TPSA) is 94.8 Å². The molecule has 1 atom stereocenters. The van der Waals surface area contributed by atoms with Gasteiger partial charge in [-0.15, -0.1) is 0 Å². The molecule has 0 aliphatic carbocycles. The zero-order chi connectivity index (χ0) is 20.8. The van der Waals surface area contributed by atoms with Crippen LogP contribution in [0, 0.1) is 0 Å². The molecule has 0 spiro atoms. The maximum absolute atomic E-state index is 12.4.